The third-order valence-corrected chi connectivity index (χ3v) is 3.19. The van der Waals surface area contributed by atoms with Crippen molar-refractivity contribution in [3.63, 3.8) is 0 Å². The summed E-state index contributed by atoms with van der Waals surface area (Å²) in [4.78, 5) is 11.9. The van der Waals surface area contributed by atoms with E-state index in [1.165, 1.54) is 0 Å². The van der Waals surface area contributed by atoms with Crippen LogP contribution in [0.4, 0.5) is 0 Å². The van der Waals surface area contributed by atoms with E-state index >= 15 is 0 Å². The number of amides is 1. The van der Waals surface area contributed by atoms with Gasteiger partial charge in [-0.2, -0.15) is 0 Å². The Morgan fingerprint density at radius 1 is 1.60 bits per heavy atom. The number of hydrogen-bond donors (Lipinski definition) is 3. The molecule has 4 heteroatoms. The summed E-state index contributed by atoms with van der Waals surface area (Å²) in [5.74, 6) is 0.390. The molecule has 15 heavy (non-hydrogen) atoms. The molecule has 0 aromatic carbocycles. The maximum Gasteiger partial charge on any atom is 0.225 e. The first-order valence-electron chi connectivity index (χ1n) is 5.71. The van der Waals surface area contributed by atoms with Crippen molar-refractivity contribution in [1.82, 2.24) is 10.6 Å². The minimum atomic E-state index is -0.120. The van der Waals surface area contributed by atoms with E-state index in [2.05, 4.69) is 10.6 Å². The van der Waals surface area contributed by atoms with Gasteiger partial charge in [0.25, 0.3) is 0 Å². The molecular formula is C11H22N2O2. The van der Waals surface area contributed by atoms with E-state index in [-0.39, 0.29) is 36.4 Å². The predicted octanol–water partition coefficient (Wildman–Crippen LogP) is 0.118. The van der Waals surface area contributed by atoms with Gasteiger partial charge in [0.05, 0.1) is 18.6 Å². The average Bonchev–Trinajstić information content (AvgIpc) is 2.60. The van der Waals surface area contributed by atoms with Gasteiger partial charge in [0.15, 0.2) is 0 Å². The highest BCUT2D eigenvalue weighted by Crippen LogP contribution is 2.15. The zero-order valence-corrected chi connectivity index (χ0v) is 9.79. The van der Waals surface area contributed by atoms with Crippen LogP contribution >= 0.6 is 0 Å². The molecule has 1 rings (SSSR count). The number of aliphatic hydroxyl groups excluding tert-OH is 1. The lowest BCUT2D eigenvalue weighted by Crippen LogP contribution is -2.46. The van der Waals surface area contributed by atoms with Crippen LogP contribution in [0.25, 0.3) is 0 Å². The molecule has 1 fully saturated rings. The summed E-state index contributed by atoms with van der Waals surface area (Å²) < 4.78 is 0. The highest BCUT2D eigenvalue weighted by Gasteiger charge is 2.30. The summed E-state index contributed by atoms with van der Waals surface area (Å²) in [6.45, 7) is 6.94. The SMILES string of the molecule is CC(C)C(CO)NC(=O)C1CCNC1C. The van der Waals surface area contributed by atoms with Gasteiger partial charge in [-0.1, -0.05) is 13.8 Å². The Bertz CT molecular complexity index is 219. The number of hydrogen-bond acceptors (Lipinski definition) is 3. The third kappa shape index (κ3) is 3.18. The van der Waals surface area contributed by atoms with Gasteiger partial charge in [-0.15, -0.1) is 0 Å². The van der Waals surface area contributed by atoms with Crippen molar-refractivity contribution in [1.29, 1.82) is 0 Å². The normalized spacial score (nSPS) is 28.1. The predicted molar refractivity (Wildman–Crippen MR) is 59.4 cm³/mol. The van der Waals surface area contributed by atoms with Crippen molar-refractivity contribution in [2.45, 2.75) is 39.3 Å². The van der Waals surface area contributed by atoms with Crippen LogP contribution in [-0.4, -0.2) is 36.2 Å². The lowest BCUT2D eigenvalue weighted by atomic mass is 9.99. The van der Waals surface area contributed by atoms with Crippen molar-refractivity contribution < 1.29 is 9.90 Å². The molecule has 88 valence electrons. The molecule has 1 amide bonds. The van der Waals surface area contributed by atoms with E-state index in [1.807, 2.05) is 20.8 Å². The van der Waals surface area contributed by atoms with Crippen molar-refractivity contribution in [2.75, 3.05) is 13.2 Å². The van der Waals surface area contributed by atoms with Crippen LogP contribution in [-0.2, 0) is 4.79 Å². The lowest BCUT2D eigenvalue weighted by Gasteiger charge is -2.23. The van der Waals surface area contributed by atoms with Crippen LogP contribution in [0.3, 0.4) is 0 Å². The first kappa shape index (κ1) is 12.5. The second-order valence-electron chi connectivity index (χ2n) is 4.68. The Labute approximate surface area is 91.4 Å². The fourth-order valence-corrected chi connectivity index (χ4v) is 1.93. The standard InChI is InChI=1S/C11H22N2O2/c1-7(2)10(6-14)13-11(15)9-4-5-12-8(9)3/h7-10,12,14H,4-6H2,1-3H3,(H,13,15). The number of carbonyl (C=O) groups is 1. The largest absolute Gasteiger partial charge is 0.394 e. The molecule has 0 aliphatic carbocycles. The van der Waals surface area contributed by atoms with E-state index in [1.54, 1.807) is 0 Å². The quantitative estimate of drug-likeness (QED) is 0.623. The van der Waals surface area contributed by atoms with Crippen molar-refractivity contribution in [3.8, 4) is 0 Å². The molecule has 3 atom stereocenters. The summed E-state index contributed by atoms with van der Waals surface area (Å²) in [6.07, 6.45) is 0.892. The minimum Gasteiger partial charge on any atom is -0.394 e. The minimum absolute atomic E-state index is 0.0118. The Morgan fingerprint density at radius 2 is 2.27 bits per heavy atom. The molecule has 0 aromatic rings. The maximum atomic E-state index is 11.9. The fourth-order valence-electron chi connectivity index (χ4n) is 1.93. The Balaban J connectivity index is 2.46. The van der Waals surface area contributed by atoms with Crippen molar-refractivity contribution >= 4 is 5.91 Å². The lowest BCUT2D eigenvalue weighted by molar-refractivity contribution is -0.126. The van der Waals surface area contributed by atoms with E-state index in [0.29, 0.717) is 0 Å². The zero-order chi connectivity index (χ0) is 11.4. The van der Waals surface area contributed by atoms with E-state index < -0.39 is 0 Å². The van der Waals surface area contributed by atoms with Gasteiger partial charge in [-0.25, -0.2) is 0 Å². The monoisotopic (exact) mass is 214 g/mol. The van der Waals surface area contributed by atoms with Gasteiger partial charge >= 0.3 is 0 Å². The number of rotatable bonds is 4. The Morgan fingerprint density at radius 3 is 2.67 bits per heavy atom. The molecule has 1 saturated heterocycles. The van der Waals surface area contributed by atoms with Gasteiger partial charge in [0.2, 0.25) is 5.91 Å². The summed E-state index contributed by atoms with van der Waals surface area (Å²) in [7, 11) is 0. The van der Waals surface area contributed by atoms with Gasteiger partial charge < -0.3 is 15.7 Å². The second kappa shape index (κ2) is 5.47. The average molecular weight is 214 g/mol. The smallest absolute Gasteiger partial charge is 0.225 e. The third-order valence-electron chi connectivity index (χ3n) is 3.19. The molecule has 0 saturated carbocycles. The highest BCUT2D eigenvalue weighted by molar-refractivity contribution is 5.80. The summed E-state index contributed by atoms with van der Waals surface area (Å²) in [5, 5.41) is 15.3. The van der Waals surface area contributed by atoms with Gasteiger partial charge in [0.1, 0.15) is 0 Å². The van der Waals surface area contributed by atoms with Crippen LogP contribution < -0.4 is 10.6 Å². The molecule has 0 bridgehead atoms. The molecule has 0 spiro atoms. The number of carbonyl (C=O) groups excluding carboxylic acids is 1. The van der Waals surface area contributed by atoms with Gasteiger partial charge in [0, 0.05) is 6.04 Å². The van der Waals surface area contributed by atoms with Crippen molar-refractivity contribution in [2.24, 2.45) is 11.8 Å². The molecule has 1 heterocycles. The number of nitrogens with one attached hydrogen (secondary N) is 2. The highest BCUT2D eigenvalue weighted by atomic mass is 16.3. The molecule has 1 aliphatic rings. The molecule has 0 radical (unpaired) electrons. The molecule has 4 nitrogen and oxygen atoms in total. The molecule has 3 N–H and O–H groups in total. The summed E-state index contributed by atoms with van der Waals surface area (Å²) >= 11 is 0. The van der Waals surface area contributed by atoms with Crippen LogP contribution in [0.2, 0.25) is 0 Å². The van der Waals surface area contributed by atoms with Crippen LogP contribution in [0.5, 0.6) is 0 Å². The second-order valence-corrected chi connectivity index (χ2v) is 4.68. The van der Waals surface area contributed by atoms with E-state index in [9.17, 15) is 4.79 Å². The topological polar surface area (TPSA) is 61.4 Å². The van der Waals surface area contributed by atoms with E-state index in [0.717, 1.165) is 13.0 Å². The van der Waals surface area contributed by atoms with Gasteiger partial charge in [-0.3, -0.25) is 4.79 Å². The molecule has 1 aliphatic heterocycles. The van der Waals surface area contributed by atoms with Crippen LogP contribution in [0.15, 0.2) is 0 Å². The van der Waals surface area contributed by atoms with Crippen molar-refractivity contribution in [3.05, 3.63) is 0 Å². The molecular weight excluding hydrogens is 192 g/mol. The Kier molecular flexibility index (Phi) is 4.54. The molecule has 0 aromatic heterocycles. The van der Waals surface area contributed by atoms with E-state index in [4.69, 9.17) is 5.11 Å². The molecule has 3 unspecified atom stereocenters. The fraction of sp³-hybridized carbons (Fsp3) is 0.909. The Hall–Kier alpha value is -0.610. The summed E-state index contributed by atoms with van der Waals surface area (Å²) in [5.41, 5.74) is 0. The first-order chi connectivity index (χ1) is 7.06. The maximum absolute atomic E-state index is 11.9. The van der Waals surface area contributed by atoms with Crippen LogP contribution in [0, 0.1) is 11.8 Å². The zero-order valence-electron chi connectivity index (χ0n) is 9.79. The number of aliphatic hydroxyl groups is 1. The summed E-state index contributed by atoms with van der Waals surface area (Å²) in [6, 6.07) is 0.127. The van der Waals surface area contributed by atoms with Gasteiger partial charge in [-0.05, 0) is 25.8 Å². The van der Waals surface area contributed by atoms with Crippen LogP contribution in [0.1, 0.15) is 27.2 Å². The first-order valence-corrected chi connectivity index (χ1v) is 5.71.